The lowest BCUT2D eigenvalue weighted by Crippen LogP contribution is -2.50. The molecule has 0 saturated carbocycles. The Balaban J connectivity index is 4.27. The summed E-state index contributed by atoms with van der Waals surface area (Å²) in [7, 11) is 5.50. The standard InChI is InChI=1S/C50H89NO7/c1-6-8-10-12-14-16-18-20-21-22-23-24-25-26-27-29-30-32-34-36-38-40-48(52)57-45-46(44-56-43-42-47(50(54)55)51(3,4)5)58-49(53)41-39-37-35-33-31-28-19-17-15-13-11-9-7-2/h9,11,15,17,28,31,35,37,46-47H,6-8,10,12-14,16,18-27,29-30,32-34,36,38-45H2,1-5H3/p+1/b11-9-,17-15-,31-28-,37-35-. The molecule has 0 saturated heterocycles. The first-order chi connectivity index (χ1) is 28.1. The lowest BCUT2D eigenvalue weighted by molar-refractivity contribution is -0.887. The van der Waals surface area contributed by atoms with Crippen LogP contribution in [0, 0.1) is 0 Å². The molecule has 0 amide bonds. The molecule has 0 bridgehead atoms. The zero-order valence-corrected chi connectivity index (χ0v) is 38.2. The molecule has 2 atom stereocenters. The Bertz CT molecular complexity index is 1090. The molecule has 0 spiro atoms. The molecule has 0 aliphatic rings. The molecule has 0 rings (SSSR count). The fourth-order valence-corrected chi connectivity index (χ4v) is 6.87. The number of allylic oxidation sites excluding steroid dienone is 8. The van der Waals surface area contributed by atoms with Crippen molar-refractivity contribution in [1.82, 2.24) is 0 Å². The Labute approximate surface area is 356 Å². The van der Waals surface area contributed by atoms with E-state index >= 15 is 0 Å². The number of esters is 2. The summed E-state index contributed by atoms with van der Waals surface area (Å²) >= 11 is 0. The zero-order valence-electron chi connectivity index (χ0n) is 38.2. The first-order valence-electron chi connectivity index (χ1n) is 23.7. The molecule has 0 fully saturated rings. The van der Waals surface area contributed by atoms with Gasteiger partial charge in [-0.2, -0.15) is 0 Å². The summed E-state index contributed by atoms with van der Waals surface area (Å²) in [6.45, 7) is 4.56. The molecular weight excluding hydrogens is 727 g/mol. The predicted molar refractivity (Wildman–Crippen MR) is 243 cm³/mol. The highest BCUT2D eigenvalue weighted by atomic mass is 16.6. The van der Waals surface area contributed by atoms with Crippen LogP contribution in [0.25, 0.3) is 0 Å². The van der Waals surface area contributed by atoms with E-state index in [1.54, 1.807) is 0 Å². The van der Waals surface area contributed by atoms with Crippen molar-refractivity contribution in [3.05, 3.63) is 48.6 Å². The van der Waals surface area contributed by atoms with Crippen molar-refractivity contribution in [2.24, 2.45) is 0 Å². The number of unbranched alkanes of at least 4 members (excludes halogenated alkanes) is 20. The number of quaternary nitrogens is 1. The van der Waals surface area contributed by atoms with Crippen LogP contribution in [0.1, 0.15) is 200 Å². The Morgan fingerprint density at radius 3 is 1.40 bits per heavy atom. The molecule has 0 heterocycles. The van der Waals surface area contributed by atoms with Gasteiger partial charge in [-0.05, 0) is 38.5 Å². The SMILES string of the molecule is CC/C=C\C/C=C\C/C=C\C/C=C\CCC(=O)OC(COCCC(C(=O)O)[N+](C)(C)C)COC(=O)CCCCCCCCCCCCCCCCCCCCCCC. The van der Waals surface area contributed by atoms with Crippen LogP contribution < -0.4 is 0 Å². The maximum absolute atomic E-state index is 12.7. The summed E-state index contributed by atoms with van der Waals surface area (Å²) in [4.78, 5) is 37.0. The number of hydrogen-bond donors (Lipinski definition) is 1. The van der Waals surface area contributed by atoms with Gasteiger partial charge in [0, 0.05) is 19.3 Å². The minimum absolute atomic E-state index is 0.0336. The second-order valence-corrected chi connectivity index (χ2v) is 17.0. The molecule has 0 aliphatic carbocycles. The molecule has 0 aromatic heterocycles. The Morgan fingerprint density at radius 1 is 0.534 bits per heavy atom. The molecule has 2 unspecified atom stereocenters. The van der Waals surface area contributed by atoms with E-state index in [2.05, 4.69) is 50.3 Å². The summed E-state index contributed by atoms with van der Waals surface area (Å²) in [6.07, 6.45) is 49.0. The van der Waals surface area contributed by atoms with E-state index in [4.69, 9.17) is 14.2 Å². The second kappa shape index (κ2) is 41.0. The molecule has 58 heavy (non-hydrogen) atoms. The number of carbonyl (C=O) groups is 3. The number of carbonyl (C=O) groups excluding carboxylic acids is 2. The number of carboxylic acids is 1. The first-order valence-corrected chi connectivity index (χ1v) is 23.7. The average Bonchev–Trinajstić information content (AvgIpc) is 3.18. The number of nitrogens with zero attached hydrogens (tertiary/aromatic N) is 1. The van der Waals surface area contributed by atoms with Crippen LogP contribution in [0.2, 0.25) is 0 Å². The van der Waals surface area contributed by atoms with Crippen LogP contribution >= 0.6 is 0 Å². The number of aliphatic carboxylic acids is 1. The van der Waals surface area contributed by atoms with Crippen LogP contribution in [0.4, 0.5) is 0 Å². The monoisotopic (exact) mass is 817 g/mol. The Hall–Kier alpha value is -2.71. The number of rotatable bonds is 42. The molecule has 0 aromatic carbocycles. The van der Waals surface area contributed by atoms with Crippen LogP contribution in [0.3, 0.4) is 0 Å². The summed E-state index contributed by atoms with van der Waals surface area (Å²) < 4.78 is 17.2. The van der Waals surface area contributed by atoms with E-state index in [-0.39, 0.29) is 42.7 Å². The van der Waals surface area contributed by atoms with Crippen molar-refractivity contribution in [2.75, 3.05) is 41.0 Å². The van der Waals surface area contributed by atoms with Crippen molar-refractivity contribution in [1.29, 1.82) is 0 Å². The number of likely N-dealkylation sites (N-methyl/N-ethyl adjacent to an activating group) is 1. The Morgan fingerprint density at radius 2 is 0.966 bits per heavy atom. The fourth-order valence-electron chi connectivity index (χ4n) is 6.87. The average molecular weight is 817 g/mol. The number of carboxylic acid groups (broad SMARTS) is 1. The summed E-state index contributed by atoms with van der Waals surface area (Å²) in [5.74, 6) is -1.56. The molecule has 0 radical (unpaired) electrons. The van der Waals surface area contributed by atoms with Gasteiger partial charge in [0.2, 0.25) is 0 Å². The summed E-state index contributed by atoms with van der Waals surface area (Å²) in [5, 5.41) is 9.62. The molecule has 8 heteroatoms. The highest BCUT2D eigenvalue weighted by Gasteiger charge is 2.31. The third kappa shape index (κ3) is 38.8. The molecule has 1 N–H and O–H groups in total. The van der Waals surface area contributed by atoms with Crippen LogP contribution in [0.5, 0.6) is 0 Å². The third-order valence-electron chi connectivity index (χ3n) is 10.5. The van der Waals surface area contributed by atoms with Gasteiger partial charge in [0.1, 0.15) is 6.61 Å². The number of hydrogen-bond acceptors (Lipinski definition) is 6. The van der Waals surface area contributed by atoms with E-state index < -0.39 is 18.1 Å². The third-order valence-corrected chi connectivity index (χ3v) is 10.5. The molecule has 0 aromatic rings. The van der Waals surface area contributed by atoms with Crippen molar-refractivity contribution in [2.45, 2.75) is 212 Å². The van der Waals surface area contributed by atoms with Gasteiger partial charge in [-0.3, -0.25) is 9.59 Å². The van der Waals surface area contributed by atoms with Gasteiger partial charge in [-0.1, -0.05) is 191 Å². The van der Waals surface area contributed by atoms with Crippen LogP contribution in [-0.2, 0) is 28.6 Å². The number of ether oxygens (including phenoxy) is 3. The van der Waals surface area contributed by atoms with E-state index in [1.165, 1.54) is 116 Å². The van der Waals surface area contributed by atoms with Crippen molar-refractivity contribution in [3.8, 4) is 0 Å². The van der Waals surface area contributed by atoms with E-state index in [0.29, 0.717) is 19.3 Å². The van der Waals surface area contributed by atoms with E-state index in [9.17, 15) is 19.5 Å². The van der Waals surface area contributed by atoms with Gasteiger partial charge >= 0.3 is 17.9 Å². The lowest BCUT2D eigenvalue weighted by atomic mass is 10.0. The summed E-state index contributed by atoms with van der Waals surface area (Å²) in [5.41, 5.74) is 0. The normalized spacial score (nSPS) is 13.3. The van der Waals surface area contributed by atoms with Gasteiger partial charge in [0.15, 0.2) is 12.1 Å². The topological polar surface area (TPSA) is 99.1 Å². The maximum Gasteiger partial charge on any atom is 0.362 e. The predicted octanol–water partition coefficient (Wildman–Crippen LogP) is 13.2. The van der Waals surface area contributed by atoms with Crippen molar-refractivity contribution < 1.29 is 38.2 Å². The smallest absolute Gasteiger partial charge is 0.362 e. The van der Waals surface area contributed by atoms with Gasteiger partial charge < -0.3 is 23.8 Å². The van der Waals surface area contributed by atoms with Gasteiger partial charge in [0.25, 0.3) is 0 Å². The van der Waals surface area contributed by atoms with Crippen molar-refractivity contribution in [3.63, 3.8) is 0 Å². The van der Waals surface area contributed by atoms with Crippen LogP contribution in [0.15, 0.2) is 48.6 Å². The van der Waals surface area contributed by atoms with Crippen LogP contribution in [-0.4, -0.2) is 80.6 Å². The minimum Gasteiger partial charge on any atom is -0.477 e. The van der Waals surface area contributed by atoms with Gasteiger partial charge in [-0.25, -0.2) is 4.79 Å². The van der Waals surface area contributed by atoms with E-state index in [0.717, 1.165) is 44.9 Å². The zero-order chi connectivity index (χ0) is 42.8. The minimum atomic E-state index is -0.885. The molecule has 0 aliphatic heterocycles. The first kappa shape index (κ1) is 55.3. The van der Waals surface area contributed by atoms with Gasteiger partial charge in [0.05, 0.1) is 34.4 Å². The largest absolute Gasteiger partial charge is 0.477 e. The fraction of sp³-hybridized carbons (Fsp3) is 0.780. The maximum atomic E-state index is 12.7. The molecule has 336 valence electrons. The molecule has 8 nitrogen and oxygen atoms in total. The molecular formula is C50H90NO7+. The summed E-state index contributed by atoms with van der Waals surface area (Å²) in [6, 6.07) is -0.626. The highest BCUT2D eigenvalue weighted by molar-refractivity contribution is 5.72. The highest BCUT2D eigenvalue weighted by Crippen LogP contribution is 2.16. The second-order valence-electron chi connectivity index (χ2n) is 17.0. The quantitative estimate of drug-likeness (QED) is 0.0283. The van der Waals surface area contributed by atoms with Crippen molar-refractivity contribution >= 4 is 17.9 Å². The Kier molecular flexibility index (Phi) is 39.1. The lowest BCUT2D eigenvalue weighted by Gasteiger charge is -2.31. The van der Waals surface area contributed by atoms with E-state index in [1.807, 2.05) is 33.3 Å². The van der Waals surface area contributed by atoms with Gasteiger partial charge in [-0.15, -0.1) is 0 Å².